The first-order valence-electron chi connectivity index (χ1n) is 5.72. The number of hydrogen-bond donors (Lipinski definition) is 1. The van der Waals surface area contributed by atoms with Crippen LogP contribution in [-0.2, 0) is 19.5 Å². The number of halogens is 1. The van der Waals surface area contributed by atoms with Gasteiger partial charge in [-0.1, -0.05) is 6.07 Å². The van der Waals surface area contributed by atoms with Gasteiger partial charge in [0.1, 0.15) is 11.6 Å². The lowest BCUT2D eigenvalue weighted by atomic mass is 10.0. The largest absolute Gasteiger partial charge is 0.335 e. The summed E-state index contributed by atoms with van der Waals surface area (Å²) in [6, 6.07) is 4.74. The van der Waals surface area contributed by atoms with Crippen LogP contribution in [0.4, 0.5) is 4.39 Å². The van der Waals surface area contributed by atoms with Crippen LogP contribution in [0.3, 0.4) is 0 Å². The minimum absolute atomic E-state index is 0.243. The minimum Gasteiger partial charge on any atom is -0.335 e. The smallest absolute Gasteiger partial charge is 0.123 e. The van der Waals surface area contributed by atoms with Crippen molar-refractivity contribution in [3.8, 4) is 0 Å². The molecule has 90 valence electrons. The predicted octanol–water partition coefficient (Wildman–Crippen LogP) is 2.09. The molecule has 0 atom stereocenters. The van der Waals surface area contributed by atoms with Crippen molar-refractivity contribution in [3.05, 3.63) is 53.4 Å². The van der Waals surface area contributed by atoms with Crippen molar-refractivity contribution in [3.63, 3.8) is 0 Å². The molecule has 0 fully saturated rings. The third-order valence-electron chi connectivity index (χ3n) is 2.88. The van der Waals surface area contributed by atoms with Crippen molar-refractivity contribution in [2.45, 2.75) is 26.4 Å². The van der Waals surface area contributed by atoms with Gasteiger partial charge in [-0.25, -0.2) is 9.37 Å². The Hall–Kier alpha value is -1.68. The zero-order chi connectivity index (χ0) is 12.3. The minimum atomic E-state index is -0.243. The van der Waals surface area contributed by atoms with E-state index in [2.05, 4.69) is 16.5 Å². The van der Waals surface area contributed by atoms with Crippen LogP contribution in [0.25, 0.3) is 0 Å². The van der Waals surface area contributed by atoms with E-state index in [1.54, 1.807) is 12.3 Å². The monoisotopic (exact) mass is 233 g/mol. The zero-order valence-electron chi connectivity index (χ0n) is 9.86. The highest BCUT2D eigenvalue weighted by atomic mass is 19.1. The van der Waals surface area contributed by atoms with Gasteiger partial charge in [0.25, 0.3) is 0 Å². The van der Waals surface area contributed by atoms with E-state index >= 15 is 0 Å². The Bertz CT molecular complexity index is 505. The molecule has 0 bridgehead atoms. The fourth-order valence-electron chi connectivity index (χ4n) is 1.92. The molecule has 0 aliphatic rings. The first kappa shape index (κ1) is 11.8. The van der Waals surface area contributed by atoms with Crippen molar-refractivity contribution in [1.82, 2.24) is 9.55 Å². The van der Waals surface area contributed by atoms with E-state index < -0.39 is 0 Å². The molecule has 0 unspecified atom stereocenters. The normalized spacial score (nSPS) is 10.8. The van der Waals surface area contributed by atoms with E-state index in [1.165, 1.54) is 12.1 Å². The average molecular weight is 233 g/mol. The summed E-state index contributed by atoms with van der Waals surface area (Å²) >= 11 is 0. The molecular formula is C13H16FN3. The molecule has 1 heterocycles. The summed E-state index contributed by atoms with van der Waals surface area (Å²) in [5, 5.41) is 0. The van der Waals surface area contributed by atoms with E-state index in [4.69, 9.17) is 5.73 Å². The maximum atomic E-state index is 13.1. The second-order valence-corrected chi connectivity index (χ2v) is 3.92. The molecule has 0 aliphatic carbocycles. The fourth-order valence-corrected chi connectivity index (χ4v) is 1.92. The van der Waals surface area contributed by atoms with Crippen molar-refractivity contribution in [2.24, 2.45) is 5.73 Å². The maximum Gasteiger partial charge on any atom is 0.123 e. The second kappa shape index (κ2) is 5.10. The number of aromatic nitrogens is 2. The topological polar surface area (TPSA) is 43.8 Å². The van der Waals surface area contributed by atoms with Crippen molar-refractivity contribution < 1.29 is 4.39 Å². The van der Waals surface area contributed by atoms with E-state index in [0.29, 0.717) is 13.0 Å². The lowest BCUT2D eigenvalue weighted by Gasteiger charge is -2.09. The van der Waals surface area contributed by atoms with E-state index in [-0.39, 0.29) is 5.82 Å². The summed E-state index contributed by atoms with van der Waals surface area (Å²) in [5.74, 6) is 0.738. The molecule has 17 heavy (non-hydrogen) atoms. The Morgan fingerprint density at radius 2 is 2.18 bits per heavy atom. The van der Waals surface area contributed by atoms with Gasteiger partial charge < -0.3 is 10.3 Å². The van der Waals surface area contributed by atoms with Crippen molar-refractivity contribution >= 4 is 0 Å². The number of benzene rings is 1. The number of nitrogens with two attached hydrogens (primary N) is 1. The molecule has 0 amide bonds. The number of hydrogen-bond acceptors (Lipinski definition) is 2. The van der Waals surface area contributed by atoms with E-state index in [0.717, 1.165) is 23.5 Å². The van der Waals surface area contributed by atoms with Crippen LogP contribution in [0.15, 0.2) is 30.6 Å². The van der Waals surface area contributed by atoms with Crippen molar-refractivity contribution in [1.29, 1.82) is 0 Å². The molecule has 3 nitrogen and oxygen atoms in total. The Morgan fingerprint density at radius 3 is 2.88 bits per heavy atom. The third kappa shape index (κ3) is 2.53. The summed E-state index contributed by atoms with van der Waals surface area (Å²) < 4.78 is 15.2. The quantitative estimate of drug-likeness (QED) is 0.878. The molecule has 0 saturated carbocycles. The Morgan fingerprint density at radius 1 is 1.35 bits per heavy atom. The van der Waals surface area contributed by atoms with Gasteiger partial charge in [0.05, 0.1) is 0 Å². The Kier molecular flexibility index (Phi) is 3.54. The number of nitrogens with zero attached hydrogens (tertiary/aromatic N) is 2. The van der Waals surface area contributed by atoms with Gasteiger partial charge >= 0.3 is 0 Å². The lowest BCUT2D eigenvalue weighted by molar-refractivity contribution is 0.624. The van der Waals surface area contributed by atoms with Gasteiger partial charge in [0, 0.05) is 31.9 Å². The predicted molar refractivity (Wildman–Crippen MR) is 65.0 cm³/mol. The third-order valence-corrected chi connectivity index (χ3v) is 2.88. The van der Waals surface area contributed by atoms with E-state index in [9.17, 15) is 4.39 Å². The summed E-state index contributed by atoms with van der Waals surface area (Å²) in [4.78, 5) is 4.31. The average Bonchev–Trinajstić information content (AvgIpc) is 2.78. The van der Waals surface area contributed by atoms with Crippen LogP contribution in [0.2, 0.25) is 0 Å². The Balaban J connectivity index is 2.29. The molecule has 0 aliphatic heterocycles. The lowest BCUT2D eigenvalue weighted by Crippen LogP contribution is -2.06. The van der Waals surface area contributed by atoms with E-state index in [1.807, 2.05) is 6.20 Å². The molecule has 1 aromatic heterocycles. The molecule has 0 saturated heterocycles. The standard InChI is InChI=1S/C13H16FN3/c1-2-17-6-5-16-13(17)8-10-3-4-12(14)7-11(10)9-15/h3-7H,2,8-9,15H2,1H3. The van der Waals surface area contributed by atoms with Gasteiger partial charge in [0.15, 0.2) is 0 Å². The fraction of sp³-hybridized carbons (Fsp3) is 0.308. The van der Waals surface area contributed by atoms with Gasteiger partial charge in [0.2, 0.25) is 0 Å². The van der Waals surface area contributed by atoms with Gasteiger partial charge in [-0.15, -0.1) is 0 Å². The molecule has 2 N–H and O–H groups in total. The number of imidazole rings is 1. The van der Waals surface area contributed by atoms with Crippen LogP contribution < -0.4 is 5.73 Å². The molecule has 2 rings (SSSR count). The molecule has 1 aromatic carbocycles. The zero-order valence-corrected chi connectivity index (χ0v) is 9.86. The first-order chi connectivity index (χ1) is 8.24. The van der Waals surface area contributed by atoms with Crippen LogP contribution in [-0.4, -0.2) is 9.55 Å². The van der Waals surface area contributed by atoms with Gasteiger partial charge in [-0.3, -0.25) is 0 Å². The highest BCUT2D eigenvalue weighted by molar-refractivity contribution is 5.30. The first-order valence-corrected chi connectivity index (χ1v) is 5.72. The summed E-state index contributed by atoms with van der Waals surface area (Å²) in [6.45, 7) is 3.30. The van der Waals surface area contributed by atoms with Gasteiger partial charge in [-0.2, -0.15) is 0 Å². The molecular weight excluding hydrogens is 217 g/mol. The summed E-state index contributed by atoms with van der Waals surface area (Å²) in [6.07, 6.45) is 4.42. The van der Waals surface area contributed by atoms with Crippen LogP contribution in [0, 0.1) is 5.82 Å². The maximum absolute atomic E-state index is 13.1. The van der Waals surface area contributed by atoms with Gasteiger partial charge in [-0.05, 0) is 30.2 Å². The molecule has 0 spiro atoms. The number of rotatable bonds is 4. The summed E-state index contributed by atoms with van der Waals surface area (Å²) in [7, 11) is 0. The second-order valence-electron chi connectivity index (χ2n) is 3.92. The Labute approximate surface area is 100 Å². The van der Waals surface area contributed by atoms with Crippen LogP contribution >= 0.6 is 0 Å². The number of aryl methyl sites for hydroxylation is 1. The molecule has 2 aromatic rings. The molecule has 4 heteroatoms. The SMILES string of the molecule is CCn1ccnc1Cc1ccc(F)cc1CN. The highest BCUT2D eigenvalue weighted by Gasteiger charge is 2.07. The summed E-state index contributed by atoms with van der Waals surface area (Å²) in [5.41, 5.74) is 7.51. The highest BCUT2D eigenvalue weighted by Crippen LogP contribution is 2.15. The molecule has 0 radical (unpaired) electrons. The van der Waals surface area contributed by atoms with Crippen LogP contribution in [0.1, 0.15) is 23.9 Å². The van der Waals surface area contributed by atoms with Crippen LogP contribution in [0.5, 0.6) is 0 Å². The van der Waals surface area contributed by atoms with Crippen molar-refractivity contribution in [2.75, 3.05) is 0 Å².